The lowest BCUT2D eigenvalue weighted by molar-refractivity contribution is 0.194. The molecule has 0 bridgehead atoms. The number of nitrogens with one attached hydrogen (secondary N) is 1. The summed E-state index contributed by atoms with van der Waals surface area (Å²) in [5.74, 6) is 1.01. The van der Waals surface area contributed by atoms with Crippen LogP contribution in [0.4, 0.5) is 0 Å². The van der Waals surface area contributed by atoms with Crippen molar-refractivity contribution < 1.29 is 9.47 Å². The van der Waals surface area contributed by atoms with Crippen LogP contribution in [0.3, 0.4) is 0 Å². The molecular formula is C20H29NO2. The van der Waals surface area contributed by atoms with Gasteiger partial charge in [-0.15, -0.1) is 0 Å². The molecule has 0 fully saturated rings. The van der Waals surface area contributed by atoms with Crippen molar-refractivity contribution in [3.63, 3.8) is 0 Å². The molecule has 2 rings (SSSR count). The molecular weight excluding hydrogens is 286 g/mol. The first-order valence-corrected chi connectivity index (χ1v) is 8.70. The Morgan fingerprint density at radius 1 is 0.957 bits per heavy atom. The highest BCUT2D eigenvalue weighted by molar-refractivity contribution is 5.87. The summed E-state index contributed by atoms with van der Waals surface area (Å²) in [4.78, 5) is 0. The van der Waals surface area contributed by atoms with E-state index in [1.165, 1.54) is 29.2 Å². The van der Waals surface area contributed by atoms with Gasteiger partial charge in [0.05, 0.1) is 6.61 Å². The van der Waals surface area contributed by atoms with E-state index in [0.29, 0.717) is 0 Å². The van der Waals surface area contributed by atoms with E-state index >= 15 is 0 Å². The molecule has 0 unspecified atom stereocenters. The number of hydrogen-bond donors (Lipinski definition) is 1. The molecule has 0 spiro atoms. The first-order valence-electron chi connectivity index (χ1n) is 8.70. The largest absolute Gasteiger partial charge is 0.493 e. The maximum atomic E-state index is 6.06. The molecule has 0 heterocycles. The highest BCUT2D eigenvalue weighted by atomic mass is 16.5. The fourth-order valence-corrected chi connectivity index (χ4v) is 2.72. The van der Waals surface area contributed by atoms with Gasteiger partial charge in [-0.25, -0.2) is 0 Å². The number of ether oxygens (including phenoxy) is 2. The van der Waals surface area contributed by atoms with Crippen LogP contribution in [0.1, 0.15) is 38.2 Å². The van der Waals surface area contributed by atoms with E-state index in [2.05, 4.69) is 48.6 Å². The molecule has 0 aliphatic carbocycles. The van der Waals surface area contributed by atoms with Gasteiger partial charge in [0.1, 0.15) is 5.75 Å². The summed E-state index contributed by atoms with van der Waals surface area (Å²) in [6.45, 7) is 5.58. The molecule has 0 saturated carbocycles. The Morgan fingerprint density at radius 2 is 1.83 bits per heavy atom. The summed E-state index contributed by atoms with van der Waals surface area (Å²) in [5.41, 5.74) is 1.26. The average molecular weight is 315 g/mol. The third-order valence-corrected chi connectivity index (χ3v) is 4.01. The van der Waals surface area contributed by atoms with E-state index < -0.39 is 0 Å². The van der Waals surface area contributed by atoms with E-state index in [-0.39, 0.29) is 0 Å². The molecule has 126 valence electrons. The standard InChI is InChI=1S/C20H29NO2/c1-3-4-7-15-23-20-12-11-17-9-5-6-10-18(17)19(20)16-21-13-8-14-22-2/h5-6,9-12,21H,3-4,7-8,13-16H2,1-2H3. The third-order valence-electron chi connectivity index (χ3n) is 4.01. The third kappa shape index (κ3) is 5.52. The van der Waals surface area contributed by atoms with E-state index in [1.54, 1.807) is 7.11 Å². The van der Waals surface area contributed by atoms with Crippen molar-refractivity contribution in [2.45, 2.75) is 39.2 Å². The van der Waals surface area contributed by atoms with Gasteiger partial charge in [-0.3, -0.25) is 0 Å². The number of fused-ring (bicyclic) bond motifs is 1. The van der Waals surface area contributed by atoms with Crippen LogP contribution in [0, 0.1) is 0 Å². The van der Waals surface area contributed by atoms with Crippen molar-refractivity contribution in [2.75, 3.05) is 26.9 Å². The Bertz CT molecular complexity index is 583. The minimum absolute atomic E-state index is 0.794. The van der Waals surface area contributed by atoms with E-state index in [0.717, 1.165) is 44.9 Å². The molecule has 3 nitrogen and oxygen atoms in total. The second-order valence-electron chi connectivity index (χ2n) is 5.84. The highest BCUT2D eigenvalue weighted by Crippen LogP contribution is 2.28. The lowest BCUT2D eigenvalue weighted by Gasteiger charge is -2.15. The fraction of sp³-hybridized carbons (Fsp3) is 0.500. The zero-order valence-electron chi connectivity index (χ0n) is 14.4. The van der Waals surface area contributed by atoms with Crippen molar-refractivity contribution in [3.05, 3.63) is 42.0 Å². The Balaban J connectivity index is 2.08. The highest BCUT2D eigenvalue weighted by Gasteiger charge is 2.08. The Morgan fingerprint density at radius 3 is 2.65 bits per heavy atom. The summed E-state index contributed by atoms with van der Waals surface area (Å²) >= 11 is 0. The molecule has 0 aromatic heterocycles. The average Bonchev–Trinajstić information content (AvgIpc) is 2.59. The molecule has 0 aliphatic heterocycles. The lowest BCUT2D eigenvalue weighted by Crippen LogP contribution is -2.17. The predicted octanol–water partition coefficient (Wildman–Crippen LogP) is 4.53. The minimum atomic E-state index is 0.794. The topological polar surface area (TPSA) is 30.5 Å². The molecule has 23 heavy (non-hydrogen) atoms. The molecule has 0 radical (unpaired) electrons. The summed E-state index contributed by atoms with van der Waals surface area (Å²) in [5, 5.41) is 6.05. The Labute approximate surface area is 140 Å². The maximum absolute atomic E-state index is 6.06. The van der Waals surface area contributed by atoms with E-state index in [4.69, 9.17) is 9.47 Å². The number of hydrogen-bond acceptors (Lipinski definition) is 3. The molecule has 0 aliphatic rings. The van der Waals surface area contributed by atoms with Crippen LogP contribution in [0.5, 0.6) is 5.75 Å². The Kier molecular flexibility index (Phi) is 7.91. The lowest BCUT2D eigenvalue weighted by atomic mass is 10.0. The SMILES string of the molecule is CCCCCOc1ccc2ccccc2c1CNCCCOC. The van der Waals surface area contributed by atoms with Crippen LogP contribution in [-0.4, -0.2) is 26.9 Å². The molecule has 3 heteroatoms. The second-order valence-corrected chi connectivity index (χ2v) is 5.84. The fourth-order valence-electron chi connectivity index (χ4n) is 2.72. The number of unbranched alkanes of at least 4 members (excludes halogenated alkanes) is 2. The van der Waals surface area contributed by atoms with Gasteiger partial charge in [0.15, 0.2) is 0 Å². The van der Waals surface area contributed by atoms with Gasteiger partial charge in [0.2, 0.25) is 0 Å². The zero-order chi connectivity index (χ0) is 16.3. The predicted molar refractivity (Wildman–Crippen MR) is 97.2 cm³/mol. The van der Waals surface area contributed by atoms with Gasteiger partial charge < -0.3 is 14.8 Å². The Hall–Kier alpha value is -1.58. The van der Waals surface area contributed by atoms with Gasteiger partial charge in [-0.1, -0.05) is 50.1 Å². The van der Waals surface area contributed by atoms with Crippen molar-refractivity contribution in [1.82, 2.24) is 5.32 Å². The van der Waals surface area contributed by atoms with E-state index in [1.807, 2.05) is 0 Å². The van der Waals surface area contributed by atoms with Gasteiger partial charge in [0.25, 0.3) is 0 Å². The van der Waals surface area contributed by atoms with Crippen LogP contribution < -0.4 is 10.1 Å². The van der Waals surface area contributed by atoms with Gasteiger partial charge in [-0.05, 0) is 36.2 Å². The van der Waals surface area contributed by atoms with Crippen LogP contribution in [0.2, 0.25) is 0 Å². The molecule has 0 saturated heterocycles. The van der Waals surface area contributed by atoms with Crippen molar-refractivity contribution in [2.24, 2.45) is 0 Å². The molecule has 2 aromatic rings. The first-order chi connectivity index (χ1) is 11.4. The second kappa shape index (κ2) is 10.2. The van der Waals surface area contributed by atoms with Crippen LogP contribution >= 0.6 is 0 Å². The van der Waals surface area contributed by atoms with Crippen molar-refractivity contribution in [1.29, 1.82) is 0 Å². The summed E-state index contributed by atoms with van der Waals surface area (Å²) in [6.07, 6.45) is 4.57. The zero-order valence-corrected chi connectivity index (χ0v) is 14.4. The molecule has 0 atom stereocenters. The number of methoxy groups -OCH3 is 1. The van der Waals surface area contributed by atoms with Crippen molar-refractivity contribution in [3.8, 4) is 5.75 Å². The summed E-state index contributed by atoms with van der Waals surface area (Å²) in [7, 11) is 1.74. The van der Waals surface area contributed by atoms with E-state index in [9.17, 15) is 0 Å². The van der Waals surface area contributed by atoms with Crippen LogP contribution in [0.15, 0.2) is 36.4 Å². The van der Waals surface area contributed by atoms with Gasteiger partial charge in [-0.2, -0.15) is 0 Å². The monoisotopic (exact) mass is 315 g/mol. The van der Waals surface area contributed by atoms with Gasteiger partial charge >= 0.3 is 0 Å². The molecule has 0 amide bonds. The number of rotatable bonds is 11. The minimum Gasteiger partial charge on any atom is -0.493 e. The number of benzene rings is 2. The summed E-state index contributed by atoms with van der Waals surface area (Å²) in [6, 6.07) is 12.8. The first kappa shape index (κ1) is 17.8. The quantitative estimate of drug-likeness (QED) is 0.618. The maximum Gasteiger partial charge on any atom is 0.124 e. The summed E-state index contributed by atoms with van der Waals surface area (Å²) < 4.78 is 11.2. The van der Waals surface area contributed by atoms with Crippen LogP contribution in [0.25, 0.3) is 10.8 Å². The van der Waals surface area contributed by atoms with Crippen molar-refractivity contribution >= 4 is 10.8 Å². The molecule has 1 N–H and O–H groups in total. The van der Waals surface area contributed by atoms with Crippen LogP contribution in [-0.2, 0) is 11.3 Å². The molecule has 2 aromatic carbocycles. The smallest absolute Gasteiger partial charge is 0.124 e. The normalized spacial score (nSPS) is 11.0. The van der Waals surface area contributed by atoms with Gasteiger partial charge in [0, 0.05) is 25.8 Å².